The van der Waals surface area contributed by atoms with E-state index in [2.05, 4.69) is 5.32 Å². The number of amides is 1. The molecule has 7 heteroatoms. The average Bonchev–Trinajstić information content (AvgIpc) is 2.55. The van der Waals surface area contributed by atoms with Gasteiger partial charge in [0.15, 0.2) is 0 Å². The summed E-state index contributed by atoms with van der Waals surface area (Å²) >= 11 is 6.18. The van der Waals surface area contributed by atoms with E-state index >= 15 is 0 Å². The van der Waals surface area contributed by atoms with Crippen molar-refractivity contribution in [2.45, 2.75) is 33.0 Å². The largest absolute Gasteiger partial charge is 0.506 e. The van der Waals surface area contributed by atoms with Gasteiger partial charge in [-0.15, -0.1) is 0 Å². The Morgan fingerprint density at radius 3 is 2.42 bits per heavy atom. The Morgan fingerprint density at radius 1 is 1.19 bits per heavy atom. The first-order valence-electron chi connectivity index (χ1n) is 7.96. The molecule has 0 unspecified atom stereocenters. The van der Waals surface area contributed by atoms with Crippen LogP contribution >= 0.6 is 11.6 Å². The lowest BCUT2D eigenvalue weighted by Crippen LogP contribution is -2.27. The van der Waals surface area contributed by atoms with Crippen LogP contribution in [-0.4, -0.2) is 23.9 Å². The maximum atomic E-state index is 11.8. The number of nitrogens with one attached hydrogen (secondary N) is 1. The van der Waals surface area contributed by atoms with Crippen molar-refractivity contribution in [1.82, 2.24) is 0 Å². The molecule has 26 heavy (non-hydrogen) atoms. The van der Waals surface area contributed by atoms with Gasteiger partial charge in [0.25, 0.3) is 0 Å². The topological polar surface area (TPSA) is 77.0 Å². The molecule has 1 amide bonds. The van der Waals surface area contributed by atoms with Crippen molar-refractivity contribution in [1.29, 1.82) is 0 Å². The predicted molar refractivity (Wildman–Crippen MR) is 100 cm³/mol. The molecule has 0 radical (unpaired) electrons. The van der Waals surface area contributed by atoms with Crippen molar-refractivity contribution in [2.75, 3.05) is 12.4 Å². The molecule has 0 fully saturated rings. The van der Waals surface area contributed by atoms with Crippen LogP contribution < -0.4 is 14.8 Å². The Kier molecular flexibility index (Phi) is 6.21. The third-order valence-electron chi connectivity index (χ3n) is 3.24. The van der Waals surface area contributed by atoms with E-state index in [1.807, 2.05) is 24.3 Å². The van der Waals surface area contributed by atoms with Crippen LogP contribution in [0.5, 0.6) is 17.2 Å². The highest BCUT2D eigenvalue weighted by Crippen LogP contribution is 2.36. The number of methoxy groups -OCH3 is 1. The fraction of sp³-hybridized carbons (Fsp3) is 0.316. The van der Waals surface area contributed by atoms with Gasteiger partial charge >= 0.3 is 6.09 Å². The molecule has 0 bridgehead atoms. The lowest BCUT2D eigenvalue weighted by Gasteiger charge is -2.20. The fourth-order valence-electron chi connectivity index (χ4n) is 2.05. The second kappa shape index (κ2) is 8.19. The van der Waals surface area contributed by atoms with Crippen LogP contribution in [0.1, 0.15) is 26.3 Å². The molecule has 140 valence electrons. The number of phenols is 1. The number of carbonyl (C=O) groups excluding carboxylic acids is 1. The van der Waals surface area contributed by atoms with Crippen LogP contribution in [0.2, 0.25) is 5.02 Å². The quantitative estimate of drug-likeness (QED) is 0.716. The van der Waals surface area contributed by atoms with Gasteiger partial charge in [-0.3, -0.25) is 5.32 Å². The van der Waals surface area contributed by atoms with E-state index in [0.717, 1.165) is 11.3 Å². The smallest absolute Gasteiger partial charge is 0.412 e. The van der Waals surface area contributed by atoms with Crippen molar-refractivity contribution >= 4 is 23.4 Å². The number of hydrogen-bond acceptors (Lipinski definition) is 5. The molecule has 0 saturated heterocycles. The molecule has 0 spiro atoms. The van der Waals surface area contributed by atoms with Gasteiger partial charge in [0.2, 0.25) is 0 Å². The van der Waals surface area contributed by atoms with E-state index < -0.39 is 11.7 Å². The highest BCUT2D eigenvalue weighted by molar-refractivity contribution is 6.32. The van der Waals surface area contributed by atoms with E-state index in [9.17, 15) is 9.90 Å². The molecule has 2 rings (SSSR count). The maximum absolute atomic E-state index is 11.8. The van der Waals surface area contributed by atoms with Crippen molar-refractivity contribution in [3.05, 3.63) is 47.0 Å². The molecule has 0 aromatic heterocycles. The number of rotatable bonds is 5. The Balaban J connectivity index is 2.04. The summed E-state index contributed by atoms with van der Waals surface area (Å²) in [7, 11) is 1.60. The van der Waals surface area contributed by atoms with Gasteiger partial charge in [0.1, 0.15) is 29.5 Å². The summed E-state index contributed by atoms with van der Waals surface area (Å²) < 4.78 is 15.9. The van der Waals surface area contributed by atoms with Crippen LogP contribution in [0.25, 0.3) is 0 Å². The molecular weight excluding hydrogens is 358 g/mol. The number of carbonyl (C=O) groups is 1. The van der Waals surface area contributed by atoms with Gasteiger partial charge < -0.3 is 19.3 Å². The van der Waals surface area contributed by atoms with Gasteiger partial charge in [-0.1, -0.05) is 23.7 Å². The Hall–Kier alpha value is -2.60. The third-order valence-corrected chi connectivity index (χ3v) is 3.53. The second-order valence-electron chi connectivity index (χ2n) is 6.56. The lowest BCUT2D eigenvalue weighted by atomic mass is 10.2. The van der Waals surface area contributed by atoms with Crippen molar-refractivity contribution in [2.24, 2.45) is 0 Å². The molecule has 2 aromatic rings. The molecule has 0 saturated carbocycles. The molecule has 0 aliphatic heterocycles. The van der Waals surface area contributed by atoms with E-state index in [4.69, 9.17) is 25.8 Å². The van der Waals surface area contributed by atoms with Gasteiger partial charge in [0.05, 0.1) is 17.8 Å². The van der Waals surface area contributed by atoms with Crippen molar-refractivity contribution in [3.63, 3.8) is 0 Å². The van der Waals surface area contributed by atoms with E-state index in [0.29, 0.717) is 5.75 Å². The van der Waals surface area contributed by atoms with Crippen LogP contribution in [0.15, 0.2) is 36.4 Å². The Labute approximate surface area is 157 Å². The van der Waals surface area contributed by atoms with Gasteiger partial charge in [-0.05, 0) is 44.5 Å². The van der Waals surface area contributed by atoms with Gasteiger partial charge in [-0.25, -0.2) is 4.79 Å². The van der Waals surface area contributed by atoms with E-state index in [1.165, 1.54) is 12.1 Å². The summed E-state index contributed by atoms with van der Waals surface area (Å²) in [6.45, 7) is 5.50. The first kappa shape index (κ1) is 19.7. The third kappa shape index (κ3) is 5.74. The standard InChI is InChI=1S/C19H22ClNO5/c1-19(2,3)26-18(23)21-15-9-14(20)17(10-16(15)22)25-11-12-5-7-13(24-4)8-6-12/h5-10,22H,11H2,1-4H3,(H,21,23). The zero-order chi connectivity index (χ0) is 19.3. The maximum Gasteiger partial charge on any atom is 0.412 e. The summed E-state index contributed by atoms with van der Waals surface area (Å²) in [5, 5.41) is 12.8. The van der Waals surface area contributed by atoms with Crippen LogP contribution in [0, 0.1) is 0 Å². The molecule has 0 atom stereocenters. The molecule has 2 N–H and O–H groups in total. The number of hydrogen-bond donors (Lipinski definition) is 2. The number of phenolic OH excluding ortho intramolecular Hbond substituents is 1. The SMILES string of the molecule is COc1ccc(COc2cc(O)c(NC(=O)OC(C)(C)C)cc2Cl)cc1. The minimum absolute atomic E-state index is 0.140. The average molecular weight is 380 g/mol. The van der Waals surface area contributed by atoms with E-state index in [-0.39, 0.29) is 23.1 Å². The number of aromatic hydroxyl groups is 1. The summed E-state index contributed by atoms with van der Waals surface area (Å²) in [6, 6.07) is 10.1. The number of ether oxygens (including phenoxy) is 3. The lowest BCUT2D eigenvalue weighted by molar-refractivity contribution is 0.0635. The van der Waals surface area contributed by atoms with Gasteiger partial charge in [0, 0.05) is 6.07 Å². The fourth-order valence-corrected chi connectivity index (χ4v) is 2.27. The van der Waals surface area contributed by atoms with Gasteiger partial charge in [-0.2, -0.15) is 0 Å². The molecule has 0 heterocycles. The minimum atomic E-state index is -0.684. The molecule has 0 aliphatic rings. The summed E-state index contributed by atoms with van der Waals surface area (Å²) in [5.74, 6) is 0.877. The summed E-state index contributed by atoms with van der Waals surface area (Å²) in [4.78, 5) is 11.8. The number of benzene rings is 2. The molecule has 0 aliphatic carbocycles. The minimum Gasteiger partial charge on any atom is -0.506 e. The number of anilines is 1. The Morgan fingerprint density at radius 2 is 1.85 bits per heavy atom. The second-order valence-corrected chi connectivity index (χ2v) is 6.97. The van der Waals surface area contributed by atoms with E-state index in [1.54, 1.807) is 27.9 Å². The first-order chi connectivity index (χ1) is 12.2. The molecular formula is C19H22ClNO5. The van der Waals surface area contributed by atoms with Crippen LogP contribution in [0.3, 0.4) is 0 Å². The first-order valence-corrected chi connectivity index (χ1v) is 8.34. The number of halogens is 1. The van der Waals surface area contributed by atoms with Crippen LogP contribution in [0.4, 0.5) is 10.5 Å². The highest BCUT2D eigenvalue weighted by atomic mass is 35.5. The monoisotopic (exact) mass is 379 g/mol. The summed E-state index contributed by atoms with van der Waals surface area (Å²) in [5.41, 5.74) is 0.406. The molecule has 2 aromatic carbocycles. The zero-order valence-electron chi connectivity index (χ0n) is 15.1. The normalized spacial score (nSPS) is 11.0. The Bertz CT molecular complexity index is 769. The van der Waals surface area contributed by atoms with Crippen LogP contribution in [-0.2, 0) is 11.3 Å². The van der Waals surface area contributed by atoms with Crippen molar-refractivity contribution in [3.8, 4) is 17.2 Å². The highest BCUT2D eigenvalue weighted by Gasteiger charge is 2.18. The van der Waals surface area contributed by atoms with Crippen molar-refractivity contribution < 1.29 is 24.1 Å². The summed E-state index contributed by atoms with van der Waals surface area (Å²) in [6.07, 6.45) is -0.684. The predicted octanol–water partition coefficient (Wildman–Crippen LogP) is 4.98. The zero-order valence-corrected chi connectivity index (χ0v) is 15.9. The molecule has 6 nitrogen and oxygen atoms in total.